The molecule has 0 aliphatic carbocycles. The molecule has 2 heterocycles. The molecule has 2 rings (SSSR count). The molecule has 0 bridgehead atoms. The van der Waals surface area contributed by atoms with Crippen molar-refractivity contribution >= 4 is 21.8 Å². The number of hydrogen-bond acceptors (Lipinski definition) is 4. The van der Waals surface area contributed by atoms with E-state index in [2.05, 4.69) is 18.6 Å². The van der Waals surface area contributed by atoms with Gasteiger partial charge in [0, 0.05) is 45.1 Å². The molecule has 2 aliphatic heterocycles. The van der Waals surface area contributed by atoms with Gasteiger partial charge in [0.05, 0.1) is 6.26 Å². The number of carbonyl (C=O) groups is 2. The van der Waals surface area contributed by atoms with E-state index in [-0.39, 0.29) is 30.8 Å². The van der Waals surface area contributed by atoms with Crippen LogP contribution in [0.2, 0.25) is 0 Å². The minimum Gasteiger partial charge on any atom is -0.342 e. The van der Waals surface area contributed by atoms with Crippen LogP contribution in [-0.2, 0) is 19.6 Å². The van der Waals surface area contributed by atoms with E-state index in [1.165, 1.54) is 0 Å². The van der Waals surface area contributed by atoms with Crippen LogP contribution in [0.4, 0.5) is 0 Å². The van der Waals surface area contributed by atoms with Crippen molar-refractivity contribution in [3.05, 3.63) is 0 Å². The van der Waals surface area contributed by atoms with Crippen molar-refractivity contribution in [3.8, 4) is 0 Å². The van der Waals surface area contributed by atoms with Gasteiger partial charge in [-0.15, -0.1) is 0 Å². The van der Waals surface area contributed by atoms with Gasteiger partial charge in [0.25, 0.3) is 0 Å². The molecule has 0 aromatic heterocycles. The molecule has 2 aliphatic rings. The highest BCUT2D eigenvalue weighted by Crippen LogP contribution is 2.32. The number of rotatable bonds is 6. The Balaban J connectivity index is 1.89. The van der Waals surface area contributed by atoms with E-state index in [0.29, 0.717) is 31.3 Å². The average Bonchev–Trinajstić information content (AvgIpc) is 2.48. The van der Waals surface area contributed by atoms with Gasteiger partial charge in [-0.2, -0.15) is 0 Å². The third-order valence-corrected chi connectivity index (χ3v) is 5.49. The summed E-state index contributed by atoms with van der Waals surface area (Å²) in [6.07, 6.45) is 3.48. The fourth-order valence-electron chi connectivity index (χ4n) is 3.71. The molecule has 0 radical (unpaired) electrons. The molecule has 2 atom stereocenters. The molecular formula is C16H29N3O4S. The lowest BCUT2D eigenvalue weighted by Gasteiger charge is -2.47. The molecule has 2 fully saturated rings. The molecule has 2 saturated heterocycles. The third kappa shape index (κ3) is 5.17. The molecule has 1 N–H and O–H groups in total. The van der Waals surface area contributed by atoms with Gasteiger partial charge >= 0.3 is 0 Å². The molecule has 0 saturated carbocycles. The van der Waals surface area contributed by atoms with Crippen molar-refractivity contribution < 1.29 is 18.0 Å². The van der Waals surface area contributed by atoms with Gasteiger partial charge in [-0.3, -0.25) is 9.59 Å². The van der Waals surface area contributed by atoms with Crippen molar-refractivity contribution in [2.24, 2.45) is 11.8 Å². The van der Waals surface area contributed by atoms with Gasteiger partial charge in [0.2, 0.25) is 21.8 Å². The number of carbonyl (C=O) groups excluding carboxylic acids is 2. The zero-order valence-corrected chi connectivity index (χ0v) is 15.6. The predicted octanol–water partition coefficient (Wildman–Crippen LogP) is 0.421. The highest BCUT2D eigenvalue weighted by atomic mass is 32.2. The highest BCUT2D eigenvalue weighted by molar-refractivity contribution is 7.88. The van der Waals surface area contributed by atoms with Gasteiger partial charge in [-0.05, 0) is 24.7 Å². The van der Waals surface area contributed by atoms with E-state index in [9.17, 15) is 18.0 Å². The number of piperidine rings is 2. The van der Waals surface area contributed by atoms with E-state index in [4.69, 9.17) is 0 Å². The Morgan fingerprint density at radius 2 is 2.04 bits per heavy atom. The second-order valence-corrected chi connectivity index (χ2v) is 9.18. The van der Waals surface area contributed by atoms with Crippen LogP contribution in [0.25, 0.3) is 0 Å². The Bertz CT molecular complexity index is 576. The summed E-state index contributed by atoms with van der Waals surface area (Å²) < 4.78 is 24.5. The molecular weight excluding hydrogens is 330 g/mol. The molecule has 0 unspecified atom stereocenters. The first-order chi connectivity index (χ1) is 11.2. The van der Waals surface area contributed by atoms with Crippen LogP contribution in [0.1, 0.15) is 39.5 Å². The maximum absolute atomic E-state index is 12.3. The number of nitrogens with zero attached hydrogens (tertiary/aromatic N) is 2. The maximum atomic E-state index is 12.3. The first-order valence-corrected chi connectivity index (χ1v) is 10.6. The van der Waals surface area contributed by atoms with E-state index in [1.54, 1.807) is 0 Å². The summed E-state index contributed by atoms with van der Waals surface area (Å²) in [5.74, 6) is 0.996. The second-order valence-electron chi connectivity index (χ2n) is 7.35. The predicted molar refractivity (Wildman–Crippen MR) is 91.7 cm³/mol. The molecule has 0 aromatic rings. The summed E-state index contributed by atoms with van der Waals surface area (Å²) >= 11 is 0. The van der Waals surface area contributed by atoms with Gasteiger partial charge in [0.15, 0.2) is 0 Å². The van der Waals surface area contributed by atoms with Gasteiger partial charge in [-0.25, -0.2) is 13.1 Å². The zero-order chi connectivity index (χ0) is 17.9. The number of sulfonamides is 1. The number of likely N-dealkylation sites (tertiary alicyclic amines) is 2. The number of nitrogens with one attached hydrogen (secondary N) is 1. The van der Waals surface area contributed by atoms with Crippen LogP contribution in [-0.4, -0.2) is 68.5 Å². The van der Waals surface area contributed by atoms with Gasteiger partial charge in [0.1, 0.15) is 0 Å². The Morgan fingerprint density at radius 1 is 1.33 bits per heavy atom. The Hall–Kier alpha value is -1.15. The van der Waals surface area contributed by atoms with E-state index in [1.807, 2.05) is 9.80 Å². The number of amides is 2. The van der Waals surface area contributed by atoms with E-state index in [0.717, 1.165) is 25.6 Å². The zero-order valence-electron chi connectivity index (χ0n) is 14.8. The van der Waals surface area contributed by atoms with Gasteiger partial charge in [-0.1, -0.05) is 13.8 Å². The molecule has 7 nitrogen and oxygen atoms in total. The number of hydrogen-bond donors (Lipinski definition) is 1. The second kappa shape index (κ2) is 7.82. The molecule has 0 spiro atoms. The van der Waals surface area contributed by atoms with Gasteiger partial charge < -0.3 is 9.80 Å². The molecule has 2 amide bonds. The summed E-state index contributed by atoms with van der Waals surface area (Å²) in [7, 11) is -3.26. The van der Waals surface area contributed by atoms with E-state index < -0.39 is 10.0 Å². The van der Waals surface area contributed by atoms with Crippen LogP contribution in [0, 0.1) is 11.8 Å². The largest absolute Gasteiger partial charge is 0.342 e. The Labute approximate surface area is 144 Å². The van der Waals surface area contributed by atoms with Crippen molar-refractivity contribution in [2.75, 3.05) is 32.4 Å². The standard InChI is InChI=1S/C16H29N3O4S/c1-12(2)10-19-14-7-9-18(11-13(14)4-5-16(19)21)15(20)6-8-17-24(3,22)23/h12-14,17H,4-11H2,1-3H3/t13-,14+/m1/s1. The summed E-state index contributed by atoms with van der Waals surface area (Å²) in [6, 6.07) is 0.242. The lowest BCUT2D eigenvalue weighted by Crippen LogP contribution is -2.57. The average molecular weight is 359 g/mol. The van der Waals surface area contributed by atoms with Crippen molar-refractivity contribution in [1.82, 2.24) is 14.5 Å². The highest BCUT2D eigenvalue weighted by Gasteiger charge is 2.40. The smallest absolute Gasteiger partial charge is 0.223 e. The summed E-state index contributed by atoms with van der Waals surface area (Å²) in [4.78, 5) is 28.4. The molecule has 8 heteroatoms. The first-order valence-electron chi connectivity index (χ1n) is 8.69. The summed E-state index contributed by atoms with van der Waals surface area (Å²) in [6.45, 7) is 6.46. The van der Waals surface area contributed by atoms with Crippen LogP contribution in [0.3, 0.4) is 0 Å². The topological polar surface area (TPSA) is 86.8 Å². The fourth-order valence-corrected chi connectivity index (χ4v) is 4.18. The minimum absolute atomic E-state index is 0.0168. The normalized spacial score (nSPS) is 25.1. The number of fused-ring (bicyclic) bond motifs is 1. The van der Waals surface area contributed by atoms with E-state index >= 15 is 0 Å². The van der Waals surface area contributed by atoms with Crippen molar-refractivity contribution in [1.29, 1.82) is 0 Å². The maximum Gasteiger partial charge on any atom is 0.223 e. The Morgan fingerprint density at radius 3 is 2.67 bits per heavy atom. The summed E-state index contributed by atoms with van der Waals surface area (Å²) in [5.41, 5.74) is 0. The van der Waals surface area contributed by atoms with Crippen LogP contribution < -0.4 is 4.72 Å². The van der Waals surface area contributed by atoms with Crippen molar-refractivity contribution in [2.45, 2.75) is 45.6 Å². The van der Waals surface area contributed by atoms with Crippen LogP contribution >= 0.6 is 0 Å². The molecule has 24 heavy (non-hydrogen) atoms. The monoisotopic (exact) mass is 359 g/mol. The lowest BCUT2D eigenvalue weighted by atomic mass is 9.83. The van der Waals surface area contributed by atoms with Crippen LogP contribution in [0.5, 0.6) is 0 Å². The first kappa shape index (κ1) is 19.2. The quantitative estimate of drug-likeness (QED) is 0.745. The van der Waals surface area contributed by atoms with Crippen molar-refractivity contribution in [3.63, 3.8) is 0 Å². The lowest BCUT2D eigenvalue weighted by molar-refractivity contribution is -0.144. The molecule has 0 aromatic carbocycles. The van der Waals surface area contributed by atoms with Crippen LogP contribution in [0.15, 0.2) is 0 Å². The third-order valence-electron chi connectivity index (χ3n) is 4.76. The minimum atomic E-state index is -3.26. The SMILES string of the molecule is CC(C)CN1C(=O)CC[C@@H]2CN(C(=O)CCNS(C)(=O)=O)CC[C@@H]21. The summed E-state index contributed by atoms with van der Waals surface area (Å²) in [5, 5.41) is 0. The molecule has 138 valence electrons. The fraction of sp³-hybridized carbons (Fsp3) is 0.875. The Kier molecular flexibility index (Phi) is 6.25.